The highest BCUT2D eigenvalue weighted by molar-refractivity contribution is 7.14. The first-order valence-corrected chi connectivity index (χ1v) is 7.68. The lowest BCUT2D eigenvalue weighted by Gasteiger charge is -2.04. The predicted molar refractivity (Wildman–Crippen MR) is 85.8 cm³/mol. The van der Waals surface area contributed by atoms with E-state index in [1.165, 1.54) is 5.38 Å². The predicted octanol–water partition coefficient (Wildman–Crippen LogP) is 1.91. The highest BCUT2D eigenvalue weighted by Crippen LogP contribution is 2.17. The molecule has 2 rings (SSSR count). The van der Waals surface area contributed by atoms with Gasteiger partial charge in [-0.1, -0.05) is 18.2 Å². The standard InChI is InChI=1S/C15H15N3O4S/c1-9-4-2-3-5-10(9)13(21)18-15-17-11(8-23-15)14(22)16-7-6-12(19)20/h2-5,8H,6-7H2,1H3,(H,16,22)(H,19,20)(H,17,18,21). The van der Waals surface area contributed by atoms with Gasteiger partial charge in [0.05, 0.1) is 6.42 Å². The van der Waals surface area contributed by atoms with Gasteiger partial charge < -0.3 is 10.4 Å². The van der Waals surface area contributed by atoms with E-state index in [9.17, 15) is 14.4 Å². The van der Waals surface area contributed by atoms with E-state index in [0.717, 1.165) is 16.9 Å². The second kappa shape index (κ2) is 7.50. The van der Waals surface area contributed by atoms with Gasteiger partial charge in [-0.2, -0.15) is 0 Å². The van der Waals surface area contributed by atoms with Crippen molar-refractivity contribution in [3.63, 3.8) is 0 Å². The van der Waals surface area contributed by atoms with E-state index in [0.29, 0.717) is 10.7 Å². The average molecular weight is 333 g/mol. The fourth-order valence-corrected chi connectivity index (χ4v) is 2.49. The van der Waals surface area contributed by atoms with E-state index in [1.807, 2.05) is 19.1 Å². The van der Waals surface area contributed by atoms with Gasteiger partial charge in [0.1, 0.15) is 5.69 Å². The first kappa shape index (κ1) is 16.6. The average Bonchev–Trinajstić information content (AvgIpc) is 2.95. The summed E-state index contributed by atoms with van der Waals surface area (Å²) in [5.41, 5.74) is 1.52. The molecular formula is C15H15N3O4S. The number of rotatable bonds is 6. The number of amides is 2. The van der Waals surface area contributed by atoms with Crippen molar-refractivity contribution in [1.82, 2.24) is 10.3 Å². The highest BCUT2D eigenvalue weighted by Gasteiger charge is 2.14. The zero-order valence-corrected chi connectivity index (χ0v) is 13.1. The number of thiazole rings is 1. The third kappa shape index (κ3) is 4.62. The minimum atomic E-state index is -0.991. The minimum Gasteiger partial charge on any atom is -0.481 e. The Balaban J connectivity index is 1.97. The molecule has 120 valence electrons. The van der Waals surface area contributed by atoms with E-state index in [1.54, 1.807) is 12.1 Å². The van der Waals surface area contributed by atoms with Gasteiger partial charge in [-0.05, 0) is 18.6 Å². The van der Waals surface area contributed by atoms with Gasteiger partial charge >= 0.3 is 5.97 Å². The van der Waals surface area contributed by atoms with E-state index >= 15 is 0 Å². The molecule has 0 aliphatic heterocycles. The molecule has 2 aromatic rings. The monoisotopic (exact) mass is 333 g/mol. The Kier molecular flexibility index (Phi) is 5.42. The second-order valence-corrected chi connectivity index (χ2v) is 5.56. The van der Waals surface area contributed by atoms with Crippen molar-refractivity contribution in [2.45, 2.75) is 13.3 Å². The van der Waals surface area contributed by atoms with Crippen LogP contribution in [0.25, 0.3) is 0 Å². The minimum absolute atomic E-state index is 0.0244. The molecule has 1 heterocycles. The number of aromatic nitrogens is 1. The van der Waals surface area contributed by atoms with E-state index < -0.39 is 11.9 Å². The maximum absolute atomic E-state index is 12.2. The van der Waals surface area contributed by atoms with Crippen molar-refractivity contribution < 1.29 is 19.5 Å². The number of carbonyl (C=O) groups is 3. The summed E-state index contributed by atoms with van der Waals surface area (Å²) >= 11 is 1.13. The number of anilines is 1. The molecule has 2 amide bonds. The van der Waals surface area contributed by atoms with Gasteiger partial charge in [-0.15, -0.1) is 11.3 Å². The number of carboxylic acid groups (broad SMARTS) is 1. The Morgan fingerprint density at radius 1 is 1.22 bits per heavy atom. The van der Waals surface area contributed by atoms with Crippen LogP contribution in [0.15, 0.2) is 29.6 Å². The van der Waals surface area contributed by atoms with Crippen LogP contribution in [0, 0.1) is 6.92 Å². The van der Waals surface area contributed by atoms with Crippen LogP contribution in [0.1, 0.15) is 32.8 Å². The van der Waals surface area contributed by atoms with Crippen molar-refractivity contribution >= 4 is 34.3 Å². The summed E-state index contributed by atoms with van der Waals surface area (Å²) in [7, 11) is 0. The van der Waals surface area contributed by atoms with Crippen molar-refractivity contribution in [2.24, 2.45) is 0 Å². The smallest absolute Gasteiger partial charge is 0.305 e. The number of aliphatic carboxylic acids is 1. The fraction of sp³-hybridized carbons (Fsp3) is 0.200. The van der Waals surface area contributed by atoms with E-state index in [-0.39, 0.29) is 24.6 Å². The number of benzene rings is 1. The SMILES string of the molecule is Cc1ccccc1C(=O)Nc1nc(C(=O)NCCC(=O)O)cs1. The summed E-state index contributed by atoms with van der Waals surface area (Å²) in [6.45, 7) is 1.86. The molecule has 1 aromatic heterocycles. The van der Waals surface area contributed by atoms with Crippen molar-refractivity contribution in [1.29, 1.82) is 0 Å². The summed E-state index contributed by atoms with van der Waals surface area (Å²) in [6.07, 6.45) is -0.160. The number of carbonyl (C=O) groups excluding carboxylic acids is 2. The van der Waals surface area contributed by atoms with Crippen LogP contribution in [0.3, 0.4) is 0 Å². The molecule has 0 spiro atoms. The topological polar surface area (TPSA) is 108 Å². The Labute approximate surface area is 136 Å². The van der Waals surface area contributed by atoms with Crippen LogP contribution in [-0.2, 0) is 4.79 Å². The normalized spacial score (nSPS) is 10.1. The molecule has 0 fully saturated rings. The van der Waals surface area contributed by atoms with Gasteiger partial charge in [-0.25, -0.2) is 4.98 Å². The molecule has 3 N–H and O–H groups in total. The molecular weight excluding hydrogens is 318 g/mol. The van der Waals surface area contributed by atoms with Crippen molar-refractivity contribution in [3.05, 3.63) is 46.5 Å². The first-order chi connectivity index (χ1) is 11.0. The maximum atomic E-state index is 12.2. The number of carboxylic acids is 1. The number of nitrogens with one attached hydrogen (secondary N) is 2. The Bertz CT molecular complexity index is 742. The van der Waals surface area contributed by atoms with E-state index in [4.69, 9.17) is 5.11 Å². The van der Waals surface area contributed by atoms with Gasteiger partial charge in [0.2, 0.25) is 0 Å². The molecule has 0 radical (unpaired) electrons. The highest BCUT2D eigenvalue weighted by atomic mass is 32.1. The fourth-order valence-electron chi connectivity index (χ4n) is 1.80. The number of aryl methyl sites for hydroxylation is 1. The third-order valence-corrected chi connectivity index (χ3v) is 3.73. The zero-order chi connectivity index (χ0) is 16.8. The Morgan fingerprint density at radius 2 is 1.96 bits per heavy atom. The quantitative estimate of drug-likeness (QED) is 0.748. The number of hydrogen-bond acceptors (Lipinski definition) is 5. The maximum Gasteiger partial charge on any atom is 0.305 e. The van der Waals surface area contributed by atoms with Crippen LogP contribution in [0.5, 0.6) is 0 Å². The summed E-state index contributed by atoms with van der Waals surface area (Å²) in [5.74, 6) is -1.76. The second-order valence-electron chi connectivity index (χ2n) is 4.71. The van der Waals surface area contributed by atoms with Crippen LogP contribution < -0.4 is 10.6 Å². The van der Waals surface area contributed by atoms with Crippen LogP contribution >= 0.6 is 11.3 Å². The lowest BCUT2D eigenvalue weighted by atomic mass is 10.1. The zero-order valence-electron chi connectivity index (χ0n) is 12.3. The largest absolute Gasteiger partial charge is 0.481 e. The van der Waals surface area contributed by atoms with Crippen LogP contribution in [-0.4, -0.2) is 34.4 Å². The van der Waals surface area contributed by atoms with Gasteiger partial charge in [-0.3, -0.25) is 19.7 Å². The molecule has 0 atom stereocenters. The number of hydrogen-bond donors (Lipinski definition) is 3. The molecule has 0 bridgehead atoms. The summed E-state index contributed by atoms with van der Waals surface area (Å²) < 4.78 is 0. The molecule has 8 heteroatoms. The number of nitrogens with zero attached hydrogens (tertiary/aromatic N) is 1. The first-order valence-electron chi connectivity index (χ1n) is 6.80. The Morgan fingerprint density at radius 3 is 2.65 bits per heavy atom. The van der Waals surface area contributed by atoms with Gasteiger partial charge in [0.15, 0.2) is 5.13 Å². The molecule has 0 saturated heterocycles. The van der Waals surface area contributed by atoms with Crippen LogP contribution in [0.2, 0.25) is 0 Å². The molecule has 23 heavy (non-hydrogen) atoms. The summed E-state index contributed by atoms with van der Waals surface area (Å²) in [6, 6.07) is 7.15. The molecule has 0 aliphatic carbocycles. The summed E-state index contributed by atoms with van der Waals surface area (Å²) in [5, 5.41) is 15.4. The van der Waals surface area contributed by atoms with Crippen molar-refractivity contribution in [3.8, 4) is 0 Å². The Hall–Kier alpha value is -2.74. The molecule has 0 aliphatic rings. The molecule has 0 unspecified atom stereocenters. The van der Waals surface area contributed by atoms with Gasteiger partial charge in [0.25, 0.3) is 11.8 Å². The summed E-state index contributed by atoms with van der Waals surface area (Å²) in [4.78, 5) is 38.4. The molecule has 7 nitrogen and oxygen atoms in total. The lowest BCUT2D eigenvalue weighted by Crippen LogP contribution is -2.26. The molecule has 0 saturated carbocycles. The van der Waals surface area contributed by atoms with E-state index in [2.05, 4.69) is 15.6 Å². The third-order valence-electron chi connectivity index (χ3n) is 2.97. The van der Waals surface area contributed by atoms with Gasteiger partial charge in [0, 0.05) is 17.5 Å². The lowest BCUT2D eigenvalue weighted by molar-refractivity contribution is -0.136. The van der Waals surface area contributed by atoms with Crippen molar-refractivity contribution in [2.75, 3.05) is 11.9 Å². The molecule has 1 aromatic carbocycles. The van der Waals surface area contributed by atoms with Crippen LogP contribution in [0.4, 0.5) is 5.13 Å².